The quantitative estimate of drug-likeness (QED) is 0.804. The predicted molar refractivity (Wildman–Crippen MR) is 94.5 cm³/mol. The van der Waals surface area contributed by atoms with E-state index in [4.69, 9.17) is 14.0 Å². The van der Waals surface area contributed by atoms with Crippen molar-refractivity contribution in [2.45, 2.75) is 57.8 Å². The van der Waals surface area contributed by atoms with E-state index in [1.165, 1.54) is 0 Å². The molecule has 0 radical (unpaired) electrons. The maximum absolute atomic E-state index is 10.1. The monoisotopic (exact) mass is 326 g/mol. The van der Waals surface area contributed by atoms with Gasteiger partial charge in [-0.15, -0.1) is 0 Å². The molecule has 24 heavy (non-hydrogen) atoms. The van der Waals surface area contributed by atoms with E-state index >= 15 is 0 Å². The number of aliphatic hydroxyl groups is 1. The van der Waals surface area contributed by atoms with Gasteiger partial charge in [-0.05, 0) is 64.2 Å². The Balaban J connectivity index is 1.68. The predicted octanol–water partition coefficient (Wildman–Crippen LogP) is 3.37. The molecule has 1 saturated heterocycles. The third kappa shape index (κ3) is 2.38. The highest BCUT2D eigenvalue weighted by Crippen LogP contribution is 2.38. The Hall–Kier alpha value is -1.72. The SMILES string of the molecule is CC1(C)OB(c2ccc3c(c2)C=C2C(O)=CCCC2O3)OC1(C)C. The largest absolute Gasteiger partial charge is 0.508 e. The van der Waals surface area contributed by atoms with Crippen LogP contribution in [0.5, 0.6) is 5.75 Å². The molecule has 1 unspecified atom stereocenters. The molecule has 2 aliphatic heterocycles. The van der Waals surface area contributed by atoms with Crippen molar-refractivity contribution in [3.8, 4) is 5.75 Å². The van der Waals surface area contributed by atoms with Crippen molar-refractivity contribution < 1.29 is 19.2 Å². The normalized spacial score (nSPS) is 26.8. The van der Waals surface area contributed by atoms with Crippen LogP contribution in [0.1, 0.15) is 46.1 Å². The second kappa shape index (κ2) is 5.14. The molecule has 3 aliphatic rings. The van der Waals surface area contributed by atoms with Gasteiger partial charge in [-0.1, -0.05) is 12.1 Å². The van der Waals surface area contributed by atoms with Crippen molar-refractivity contribution >= 4 is 18.7 Å². The standard InChI is InChI=1S/C19H23BO4/c1-18(2)19(3,4)24-20(23-18)13-8-9-16-12(10-13)11-14-15(21)6-5-7-17(14)22-16/h6,8-11,17,21H,5,7H2,1-4H3. The number of allylic oxidation sites excluding steroid dienone is 1. The average molecular weight is 326 g/mol. The molecular weight excluding hydrogens is 303 g/mol. The maximum atomic E-state index is 10.1. The zero-order chi connectivity index (χ0) is 17.1. The maximum Gasteiger partial charge on any atom is 0.494 e. The van der Waals surface area contributed by atoms with E-state index in [1.54, 1.807) is 0 Å². The summed E-state index contributed by atoms with van der Waals surface area (Å²) in [5.41, 5.74) is 2.05. The zero-order valence-electron chi connectivity index (χ0n) is 14.6. The molecule has 1 aromatic carbocycles. The summed E-state index contributed by atoms with van der Waals surface area (Å²) in [7, 11) is -0.396. The molecule has 126 valence electrons. The summed E-state index contributed by atoms with van der Waals surface area (Å²) >= 11 is 0. The van der Waals surface area contributed by atoms with Gasteiger partial charge in [-0.2, -0.15) is 0 Å². The first kappa shape index (κ1) is 15.8. The van der Waals surface area contributed by atoms with Crippen molar-refractivity contribution in [3.63, 3.8) is 0 Å². The van der Waals surface area contributed by atoms with E-state index in [2.05, 4.69) is 0 Å². The smallest absolute Gasteiger partial charge is 0.494 e. The van der Waals surface area contributed by atoms with Gasteiger partial charge in [0.2, 0.25) is 0 Å². The van der Waals surface area contributed by atoms with Crippen molar-refractivity contribution in [1.29, 1.82) is 0 Å². The molecule has 0 amide bonds. The number of aliphatic hydroxyl groups excluding tert-OH is 1. The van der Waals surface area contributed by atoms with Crippen molar-refractivity contribution in [2.75, 3.05) is 0 Å². The lowest BCUT2D eigenvalue weighted by Crippen LogP contribution is -2.41. The van der Waals surface area contributed by atoms with Crippen LogP contribution in [0.2, 0.25) is 0 Å². The summed E-state index contributed by atoms with van der Waals surface area (Å²) in [4.78, 5) is 0. The van der Waals surface area contributed by atoms with E-state index in [0.29, 0.717) is 5.76 Å². The van der Waals surface area contributed by atoms with Crippen molar-refractivity contribution in [1.82, 2.24) is 0 Å². The summed E-state index contributed by atoms with van der Waals surface area (Å²) in [6.45, 7) is 8.19. The van der Waals surface area contributed by atoms with Crippen molar-refractivity contribution in [2.24, 2.45) is 0 Å². The molecule has 1 N–H and O–H groups in total. The first-order valence-corrected chi connectivity index (χ1v) is 8.54. The van der Waals surface area contributed by atoms with Crippen molar-refractivity contribution in [3.05, 3.63) is 41.2 Å². The van der Waals surface area contributed by atoms with Crippen LogP contribution in [-0.2, 0) is 9.31 Å². The molecule has 1 aromatic rings. The zero-order valence-corrected chi connectivity index (χ0v) is 14.6. The van der Waals surface area contributed by atoms with Crippen LogP contribution < -0.4 is 10.2 Å². The number of rotatable bonds is 1. The molecule has 4 nitrogen and oxygen atoms in total. The van der Waals surface area contributed by atoms with E-state index in [0.717, 1.165) is 35.2 Å². The number of ether oxygens (including phenoxy) is 1. The first-order chi connectivity index (χ1) is 11.3. The lowest BCUT2D eigenvalue weighted by atomic mass is 9.77. The summed E-state index contributed by atoms with van der Waals surface area (Å²) < 4.78 is 18.3. The van der Waals surface area contributed by atoms with E-state index in [9.17, 15) is 5.11 Å². The van der Waals surface area contributed by atoms with Crippen LogP contribution in [0.25, 0.3) is 6.08 Å². The van der Waals surface area contributed by atoms with E-state index < -0.39 is 7.12 Å². The molecule has 5 heteroatoms. The lowest BCUT2D eigenvalue weighted by molar-refractivity contribution is 0.00578. The Morgan fingerprint density at radius 1 is 1.12 bits per heavy atom. The number of benzene rings is 1. The highest BCUT2D eigenvalue weighted by atomic mass is 16.7. The lowest BCUT2D eigenvalue weighted by Gasteiger charge is -2.32. The topological polar surface area (TPSA) is 47.9 Å². The van der Waals surface area contributed by atoms with Crippen LogP contribution >= 0.6 is 0 Å². The third-order valence-corrected chi connectivity index (χ3v) is 5.55. The van der Waals surface area contributed by atoms with Crippen LogP contribution in [0.4, 0.5) is 0 Å². The summed E-state index contributed by atoms with van der Waals surface area (Å²) in [6, 6.07) is 6.00. The van der Waals surface area contributed by atoms with Gasteiger partial charge in [0.15, 0.2) is 0 Å². The highest BCUT2D eigenvalue weighted by Gasteiger charge is 2.51. The minimum Gasteiger partial charge on any atom is -0.508 e. The molecular formula is C19H23BO4. The highest BCUT2D eigenvalue weighted by molar-refractivity contribution is 6.62. The molecule has 0 saturated carbocycles. The van der Waals surface area contributed by atoms with Gasteiger partial charge in [-0.3, -0.25) is 0 Å². The number of hydrogen-bond donors (Lipinski definition) is 1. The molecule has 4 rings (SSSR count). The Morgan fingerprint density at radius 2 is 1.83 bits per heavy atom. The van der Waals surface area contributed by atoms with Gasteiger partial charge >= 0.3 is 7.12 Å². The van der Waals surface area contributed by atoms with Gasteiger partial charge in [0.05, 0.1) is 11.2 Å². The van der Waals surface area contributed by atoms with Crippen LogP contribution in [0, 0.1) is 0 Å². The van der Waals surface area contributed by atoms with E-state index in [-0.39, 0.29) is 17.3 Å². The Labute approximate surface area is 143 Å². The number of fused-ring (bicyclic) bond motifs is 2. The minimum absolute atomic E-state index is 0.0507. The second-order valence-corrected chi connectivity index (χ2v) is 7.76. The minimum atomic E-state index is -0.396. The van der Waals surface area contributed by atoms with Crippen LogP contribution in [-0.4, -0.2) is 29.5 Å². The second-order valence-electron chi connectivity index (χ2n) is 7.76. The van der Waals surface area contributed by atoms with Crippen LogP contribution in [0.15, 0.2) is 35.6 Å². The summed E-state index contributed by atoms with van der Waals surface area (Å²) in [6.07, 6.45) is 5.56. The fraction of sp³-hybridized carbons (Fsp3) is 0.474. The van der Waals surface area contributed by atoms with Gasteiger partial charge in [0.1, 0.15) is 17.6 Å². The molecule has 0 spiro atoms. The Kier molecular flexibility index (Phi) is 3.38. The fourth-order valence-electron chi connectivity index (χ4n) is 3.33. The Bertz CT molecular complexity index is 732. The summed E-state index contributed by atoms with van der Waals surface area (Å²) in [5, 5.41) is 10.1. The first-order valence-electron chi connectivity index (χ1n) is 8.54. The van der Waals surface area contributed by atoms with Gasteiger partial charge in [0, 0.05) is 11.1 Å². The number of hydrogen-bond acceptors (Lipinski definition) is 4. The molecule has 0 bridgehead atoms. The molecule has 1 fully saturated rings. The van der Waals surface area contributed by atoms with E-state index in [1.807, 2.05) is 58.0 Å². The third-order valence-electron chi connectivity index (χ3n) is 5.55. The molecule has 1 atom stereocenters. The van der Waals surface area contributed by atoms with Crippen LogP contribution in [0.3, 0.4) is 0 Å². The summed E-state index contributed by atoms with van der Waals surface area (Å²) in [5.74, 6) is 1.18. The van der Waals surface area contributed by atoms with Gasteiger partial charge in [0.25, 0.3) is 0 Å². The average Bonchev–Trinajstić information content (AvgIpc) is 2.74. The molecule has 2 heterocycles. The fourth-order valence-corrected chi connectivity index (χ4v) is 3.33. The van der Waals surface area contributed by atoms with Gasteiger partial charge in [-0.25, -0.2) is 0 Å². The molecule has 1 aliphatic carbocycles. The van der Waals surface area contributed by atoms with Gasteiger partial charge < -0.3 is 19.2 Å². The Morgan fingerprint density at radius 3 is 2.54 bits per heavy atom. The molecule has 0 aromatic heterocycles.